The summed E-state index contributed by atoms with van der Waals surface area (Å²) in [4.78, 5) is 13.0. The molecule has 144 valence electrons. The average molecular weight is 401 g/mol. The third kappa shape index (κ3) is 5.71. The van der Waals surface area contributed by atoms with Gasteiger partial charge in [0, 0.05) is 0 Å². The van der Waals surface area contributed by atoms with Gasteiger partial charge in [-0.25, -0.2) is 4.39 Å². The molecule has 0 unspecified atom stereocenters. The standard InChI is InChI=1S/C17H16FN7O2S/c18-13-8-4-5-9-14(13)19-17(28)22-21-16(26)10-25-23-15(20-24-25)11-27-12-6-2-1-3-7-12/h1-9H,10-11H2,(H,21,26)(H2,19,22,28). The van der Waals surface area contributed by atoms with Crippen LogP contribution in [-0.2, 0) is 17.9 Å². The smallest absolute Gasteiger partial charge is 0.262 e. The van der Waals surface area contributed by atoms with Gasteiger partial charge in [0.1, 0.15) is 18.1 Å². The second-order valence-electron chi connectivity index (χ2n) is 5.44. The number of hydrogen-bond donors (Lipinski definition) is 3. The summed E-state index contributed by atoms with van der Waals surface area (Å²) in [6.45, 7) is -0.0613. The molecule has 0 aliphatic rings. The predicted octanol–water partition coefficient (Wildman–Crippen LogP) is 1.41. The Morgan fingerprint density at radius 2 is 1.86 bits per heavy atom. The monoisotopic (exact) mass is 401 g/mol. The highest BCUT2D eigenvalue weighted by atomic mass is 32.1. The van der Waals surface area contributed by atoms with E-state index in [1.807, 2.05) is 30.3 Å². The van der Waals surface area contributed by atoms with E-state index in [0.717, 1.165) is 4.80 Å². The van der Waals surface area contributed by atoms with Crippen LogP contribution in [0.3, 0.4) is 0 Å². The lowest BCUT2D eigenvalue weighted by Crippen LogP contribution is -2.45. The van der Waals surface area contributed by atoms with E-state index in [0.29, 0.717) is 11.6 Å². The van der Waals surface area contributed by atoms with E-state index in [2.05, 4.69) is 31.6 Å². The van der Waals surface area contributed by atoms with E-state index in [1.165, 1.54) is 12.1 Å². The van der Waals surface area contributed by atoms with Gasteiger partial charge >= 0.3 is 0 Å². The number of aromatic nitrogens is 4. The van der Waals surface area contributed by atoms with Gasteiger partial charge in [0.15, 0.2) is 11.7 Å². The molecule has 3 rings (SSSR count). The first-order chi connectivity index (χ1) is 13.6. The number of nitrogens with one attached hydrogen (secondary N) is 3. The molecule has 3 N–H and O–H groups in total. The van der Waals surface area contributed by atoms with Crippen LogP contribution >= 0.6 is 12.2 Å². The molecule has 0 saturated heterocycles. The maximum Gasteiger partial charge on any atom is 0.262 e. The predicted molar refractivity (Wildman–Crippen MR) is 102 cm³/mol. The summed E-state index contributed by atoms with van der Waals surface area (Å²) < 4.78 is 19.0. The van der Waals surface area contributed by atoms with Crippen LogP contribution in [-0.4, -0.2) is 31.2 Å². The number of carbonyl (C=O) groups excluding carboxylic acids is 1. The van der Waals surface area contributed by atoms with E-state index in [-0.39, 0.29) is 24.0 Å². The summed E-state index contributed by atoms with van der Waals surface area (Å²) in [6.07, 6.45) is 0. The van der Waals surface area contributed by atoms with Gasteiger partial charge in [0.25, 0.3) is 5.91 Å². The molecule has 0 atom stereocenters. The van der Waals surface area contributed by atoms with Crippen LogP contribution in [0.2, 0.25) is 0 Å². The van der Waals surface area contributed by atoms with Crippen molar-refractivity contribution < 1.29 is 13.9 Å². The number of anilines is 1. The molecule has 1 heterocycles. The van der Waals surface area contributed by atoms with Gasteiger partial charge in [-0.1, -0.05) is 30.3 Å². The molecule has 0 spiro atoms. The molecule has 9 nitrogen and oxygen atoms in total. The molecule has 1 amide bonds. The zero-order valence-electron chi connectivity index (χ0n) is 14.5. The summed E-state index contributed by atoms with van der Waals surface area (Å²) in [5.74, 6) is 0.0821. The number of thiocarbonyl (C=S) groups is 1. The van der Waals surface area contributed by atoms with Crippen LogP contribution in [0.25, 0.3) is 0 Å². The second kappa shape index (κ2) is 9.37. The number of rotatable bonds is 6. The Hall–Kier alpha value is -3.60. The zero-order valence-corrected chi connectivity index (χ0v) is 15.3. The lowest BCUT2D eigenvalue weighted by Gasteiger charge is -2.11. The van der Waals surface area contributed by atoms with Crippen LogP contribution in [0.4, 0.5) is 10.1 Å². The van der Waals surface area contributed by atoms with Crippen LogP contribution < -0.4 is 20.9 Å². The molecule has 11 heteroatoms. The minimum absolute atomic E-state index is 0.0296. The number of ether oxygens (including phenoxy) is 1. The summed E-state index contributed by atoms with van der Waals surface area (Å²) in [7, 11) is 0. The molecule has 0 aliphatic heterocycles. The quantitative estimate of drug-likeness (QED) is 0.421. The molecule has 0 saturated carbocycles. The molecule has 0 fully saturated rings. The molecule has 0 aliphatic carbocycles. The summed E-state index contributed by atoms with van der Waals surface area (Å²) in [5, 5.41) is 14.3. The van der Waals surface area contributed by atoms with Crippen molar-refractivity contribution in [3.63, 3.8) is 0 Å². The number of carbonyl (C=O) groups is 1. The fourth-order valence-corrected chi connectivity index (χ4v) is 2.24. The third-order valence-corrected chi connectivity index (χ3v) is 3.53. The van der Waals surface area contributed by atoms with Crippen LogP contribution in [0.15, 0.2) is 54.6 Å². The lowest BCUT2D eigenvalue weighted by atomic mass is 10.3. The molecule has 2 aromatic carbocycles. The Bertz CT molecular complexity index is 951. The normalized spacial score (nSPS) is 10.2. The molecule has 0 radical (unpaired) electrons. The molecular formula is C17H16FN7O2S. The van der Waals surface area contributed by atoms with Gasteiger partial charge in [0.05, 0.1) is 5.69 Å². The second-order valence-corrected chi connectivity index (χ2v) is 5.85. The fraction of sp³-hybridized carbons (Fsp3) is 0.118. The number of tetrazole rings is 1. The number of hydrogen-bond acceptors (Lipinski definition) is 6. The SMILES string of the molecule is O=C(Cn1nnc(COc2ccccc2)n1)NNC(=S)Nc1ccccc1F. The Kier molecular flexibility index (Phi) is 6.41. The molecule has 3 aromatic rings. The lowest BCUT2D eigenvalue weighted by molar-refractivity contribution is -0.122. The Balaban J connectivity index is 1.42. The Morgan fingerprint density at radius 1 is 1.11 bits per heavy atom. The van der Waals surface area contributed by atoms with Gasteiger partial charge in [0.2, 0.25) is 5.82 Å². The van der Waals surface area contributed by atoms with Gasteiger partial charge in [-0.2, -0.15) is 4.80 Å². The summed E-state index contributed by atoms with van der Waals surface area (Å²) in [5.41, 5.74) is 5.02. The van der Waals surface area contributed by atoms with E-state index in [1.54, 1.807) is 12.1 Å². The minimum Gasteiger partial charge on any atom is -0.485 e. The topological polar surface area (TPSA) is 106 Å². The highest BCUT2D eigenvalue weighted by molar-refractivity contribution is 7.80. The van der Waals surface area contributed by atoms with Crippen LogP contribution in [0.5, 0.6) is 5.75 Å². The number of para-hydroxylation sites is 2. The number of amides is 1. The van der Waals surface area contributed by atoms with Crippen molar-refractivity contribution in [1.29, 1.82) is 0 Å². The highest BCUT2D eigenvalue weighted by Gasteiger charge is 2.09. The summed E-state index contributed by atoms with van der Waals surface area (Å²) in [6, 6.07) is 15.2. The maximum atomic E-state index is 13.5. The Labute approximate surface area is 164 Å². The first-order valence-electron chi connectivity index (χ1n) is 8.15. The summed E-state index contributed by atoms with van der Waals surface area (Å²) >= 11 is 4.99. The van der Waals surface area contributed by atoms with Gasteiger partial charge in [-0.3, -0.25) is 15.6 Å². The van der Waals surface area contributed by atoms with Crippen LogP contribution in [0, 0.1) is 5.82 Å². The molecular weight excluding hydrogens is 385 g/mol. The zero-order chi connectivity index (χ0) is 19.8. The van der Waals surface area contributed by atoms with E-state index in [9.17, 15) is 9.18 Å². The fourth-order valence-electron chi connectivity index (χ4n) is 2.08. The highest BCUT2D eigenvalue weighted by Crippen LogP contribution is 2.11. The van der Waals surface area contributed by atoms with Gasteiger partial charge in [-0.15, -0.1) is 10.2 Å². The van der Waals surface area contributed by atoms with Crippen molar-refractivity contribution in [2.75, 3.05) is 5.32 Å². The number of nitrogens with zero attached hydrogens (tertiary/aromatic N) is 4. The maximum absolute atomic E-state index is 13.5. The first-order valence-corrected chi connectivity index (χ1v) is 8.56. The van der Waals surface area contributed by atoms with E-state index in [4.69, 9.17) is 17.0 Å². The Morgan fingerprint density at radius 3 is 2.64 bits per heavy atom. The van der Waals surface area contributed by atoms with E-state index >= 15 is 0 Å². The molecule has 28 heavy (non-hydrogen) atoms. The largest absolute Gasteiger partial charge is 0.485 e. The molecule has 0 bridgehead atoms. The first kappa shape index (κ1) is 19.2. The number of benzene rings is 2. The average Bonchev–Trinajstić information content (AvgIpc) is 3.15. The van der Waals surface area contributed by atoms with Crippen molar-refractivity contribution in [3.8, 4) is 5.75 Å². The van der Waals surface area contributed by atoms with Gasteiger partial charge in [-0.05, 0) is 41.7 Å². The van der Waals surface area contributed by atoms with Crippen molar-refractivity contribution in [2.45, 2.75) is 13.2 Å². The van der Waals surface area contributed by atoms with Crippen molar-refractivity contribution in [2.24, 2.45) is 0 Å². The minimum atomic E-state index is -0.467. The van der Waals surface area contributed by atoms with Crippen molar-refractivity contribution in [1.82, 2.24) is 31.1 Å². The van der Waals surface area contributed by atoms with E-state index < -0.39 is 11.7 Å². The number of halogens is 1. The van der Waals surface area contributed by atoms with Gasteiger partial charge < -0.3 is 10.1 Å². The van der Waals surface area contributed by atoms with Crippen molar-refractivity contribution in [3.05, 3.63) is 66.2 Å². The third-order valence-electron chi connectivity index (χ3n) is 3.33. The number of hydrazine groups is 1. The van der Waals surface area contributed by atoms with Crippen LogP contribution in [0.1, 0.15) is 5.82 Å². The van der Waals surface area contributed by atoms with Crippen molar-refractivity contribution >= 4 is 28.9 Å². The molecule has 1 aromatic heterocycles.